The molecule has 2 heterocycles. The number of aromatic nitrogens is 2. The largest absolute Gasteiger partial charge is 0.383 e. The van der Waals surface area contributed by atoms with Gasteiger partial charge in [0.15, 0.2) is 0 Å². The fourth-order valence-corrected chi connectivity index (χ4v) is 2.94. The number of para-hydroxylation sites is 2. The molecule has 118 valence electrons. The molecule has 0 saturated heterocycles. The summed E-state index contributed by atoms with van der Waals surface area (Å²) in [6.07, 6.45) is 1.54. The molecule has 1 aromatic carbocycles. The number of hydrogen-bond donors (Lipinski definition) is 0. The van der Waals surface area contributed by atoms with Crippen LogP contribution in [0.1, 0.15) is 16.1 Å². The fourth-order valence-electron chi connectivity index (χ4n) is 2.28. The number of hydrogen-bond acceptors (Lipinski definition) is 5. The van der Waals surface area contributed by atoms with Crippen LogP contribution in [-0.2, 0) is 11.3 Å². The number of amides is 1. The average molecular weight is 327 g/mol. The zero-order chi connectivity index (χ0) is 16.1. The van der Waals surface area contributed by atoms with Gasteiger partial charge in [0, 0.05) is 20.2 Å². The molecule has 0 spiro atoms. The van der Waals surface area contributed by atoms with Crippen LogP contribution in [-0.4, -0.2) is 41.0 Å². The Morgan fingerprint density at radius 2 is 2.09 bits per heavy atom. The van der Waals surface area contributed by atoms with Crippen LogP contribution in [0.25, 0.3) is 11.0 Å². The lowest BCUT2D eigenvalue weighted by atomic mass is 10.2. The van der Waals surface area contributed by atoms with Crippen molar-refractivity contribution in [2.75, 3.05) is 20.3 Å². The first-order valence-electron chi connectivity index (χ1n) is 7.29. The van der Waals surface area contributed by atoms with Crippen molar-refractivity contribution in [2.24, 2.45) is 0 Å². The third-order valence-corrected chi connectivity index (χ3v) is 4.21. The van der Waals surface area contributed by atoms with E-state index in [1.807, 2.05) is 41.1 Å². The van der Waals surface area contributed by atoms with E-state index in [4.69, 9.17) is 4.74 Å². The Morgan fingerprint density at radius 1 is 1.26 bits per heavy atom. The highest BCUT2D eigenvalue weighted by atomic mass is 32.1. The monoisotopic (exact) mass is 327 g/mol. The molecule has 6 heteroatoms. The summed E-state index contributed by atoms with van der Waals surface area (Å²) in [6, 6.07) is 9.55. The summed E-state index contributed by atoms with van der Waals surface area (Å²) in [6.45, 7) is 1.54. The van der Waals surface area contributed by atoms with Gasteiger partial charge in [0.1, 0.15) is 5.69 Å². The summed E-state index contributed by atoms with van der Waals surface area (Å²) < 4.78 is 5.12. The quantitative estimate of drug-likeness (QED) is 0.698. The molecule has 5 nitrogen and oxygen atoms in total. The topological polar surface area (TPSA) is 55.3 Å². The molecular formula is C17H17N3O2S. The molecular weight excluding hydrogens is 310 g/mol. The molecule has 1 amide bonds. The second kappa shape index (κ2) is 7.30. The summed E-state index contributed by atoms with van der Waals surface area (Å²) in [5.41, 5.74) is 2.97. The zero-order valence-electron chi connectivity index (χ0n) is 12.8. The number of rotatable bonds is 6. The summed E-state index contributed by atoms with van der Waals surface area (Å²) in [7, 11) is 1.63. The van der Waals surface area contributed by atoms with Crippen LogP contribution in [0, 0.1) is 0 Å². The van der Waals surface area contributed by atoms with Crippen LogP contribution >= 0.6 is 11.3 Å². The van der Waals surface area contributed by atoms with Gasteiger partial charge in [-0.15, -0.1) is 0 Å². The van der Waals surface area contributed by atoms with Crippen molar-refractivity contribution in [2.45, 2.75) is 6.54 Å². The maximum atomic E-state index is 12.8. The van der Waals surface area contributed by atoms with Crippen LogP contribution in [0.3, 0.4) is 0 Å². The van der Waals surface area contributed by atoms with Gasteiger partial charge in [-0.1, -0.05) is 12.1 Å². The second-order valence-electron chi connectivity index (χ2n) is 5.10. The number of benzene rings is 1. The van der Waals surface area contributed by atoms with E-state index in [1.54, 1.807) is 23.3 Å². The molecule has 0 aliphatic heterocycles. The van der Waals surface area contributed by atoms with Crippen LogP contribution < -0.4 is 0 Å². The normalized spacial score (nSPS) is 10.8. The van der Waals surface area contributed by atoms with Gasteiger partial charge >= 0.3 is 0 Å². The van der Waals surface area contributed by atoms with E-state index in [0.717, 1.165) is 16.6 Å². The molecule has 23 heavy (non-hydrogen) atoms. The van der Waals surface area contributed by atoms with Gasteiger partial charge in [0.2, 0.25) is 0 Å². The first-order chi connectivity index (χ1) is 11.3. The number of nitrogens with zero attached hydrogens (tertiary/aromatic N) is 3. The van der Waals surface area contributed by atoms with E-state index in [0.29, 0.717) is 25.4 Å². The number of carbonyl (C=O) groups excluding carboxylic acids is 1. The first-order valence-corrected chi connectivity index (χ1v) is 8.23. The van der Waals surface area contributed by atoms with E-state index >= 15 is 0 Å². The SMILES string of the molecule is COCCN(Cc1ccsc1)C(=O)c1cnc2ccccc2n1. The molecule has 3 aromatic rings. The van der Waals surface area contributed by atoms with E-state index < -0.39 is 0 Å². The van der Waals surface area contributed by atoms with Crippen molar-refractivity contribution in [1.29, 1.82) is 0 Å². The molecule has 0 saturated carbocycles. The lowest BCUT2D eigenvalue weighted by Gasteiger charge is -2.21. The molecule has 0 aliphatic carbocycles. The van der Waals surface area contributed by atoms with Crippen molar-refractivity contribution < 1.29 is 9.53 Å². The van der Waals surface area contributed by atoms with Crippen LogP contribution in [0.4, 0.5) is 0 Å². The van der Waals surface area contributed by atoms with Gasteiger partial charge in [0.25, 0.3) is 5.91 Å². The third kappa shape index (κ3) is 3.72. The van der Waals surface area contributed by atoms with Gasteiger partial charge in [-0.3, -0.25) is 9.78 Å². The predicted molar refractivity (Wildman–Crippen MR) is 90.5 cm³/mol. The van der Waals surface area contributed by atoms with Gasteiger partial charge in [-0.25, -0.2) is 4.98 Å². The number of ether oxygens (including phenoxy) is 1. The van der Waals surface area contributed by atoms with Crippen LogP contribution in [0.2, 0.25) is 0 Å². The highest BCUT2D eigenvalue weighted by molar-refractivity contribution is 7.07. The van der Waals surface area contributed by atoms with Gasteiger partial charge < -0.3 is 9.64 Å². The number of methoxy groups -OCH3 is 1. The summed E-state index contributed by atoms with van der Waals surface area (Å²) >= 11 is 1.62. The minimum Gasteiger partial charge on any atom is -0.383 e. The smallest absolute Gasteiger partial charge is 0.274 e. The summed E-state index contributed by atoms with van der Waals surface area (Å²) in [4.78, 5) is 23.3. The number of carbonyl (C=O) groups is 1. The summed E-state index contributed by atoms with van der Waals surface area (Å²) in [5, 5.41) is 4.04. The predicted octanol–water partition coefficient (Wildman–Crippen LogP) is 2.98. The van der Waals surface area contributed by atoms with Crippen molar-refractivity contribution in [3.8, 4) is 0 Å². The fraction of sp³-hybridized carbons (Fsp3) is 0.235. The molecule has 0 N–H and O–H groups in total. The molecule has 0 fully saturated rings. The van der Waals surface area contributed by atoms with Crippen molar-refractivity contribution >= 4 is 28.3 Å². The molecule has 3 rings (SSSR count). The molecule has 0 bridgehead atoms. The minimum absolute atomic E-state index is 0.133. The highest BCUT2D eigenvalue weighted by Gasteiger charge is 2.18. The Kier molecular flexibility index (Phi) is 4.95. The third-order valence-electron chi connectivity index (χ3n) is 3.47. The van der Waals surface area contributed by atoms with Gasteiger partial charge in [-0.05, 0) is 34.5 Å². The lowest BCUT2D eigenvalue weighted by Crippen LogP contribution is -2.34. The van der Waals surface area contributed by atoms with Gasteiger partial charge in [0.05, 0.1) is 23.8 Å². The second-order valence-corrected chi connectivity index (χ2v) is 5.88. The van der Waals surface area contributed by atoms with E-state index in [9.17, 15) is 4.79 Å². The molecule has 0 atom stereocenters. The van der Waals surface area contributed by atoms with Crippen molar-refractivity contribution in [1.82, 2.24) is 14.9 Å². The first kappa shape index (κ1) is 15.6. The van der Waals surface area contributed by atoms with Crippen LogP contribution in [0.15, 0.2) is 47.3 Å². The Balaban J connectivity index is 1.85. The minimum atomic E-state index is -0.133. The zero-order valence-corrected chi connectivity index (χ0v) is 13.6. The standard InChI is InChI=1S/C17H17N3O2S/c1-22-8-7-20(11-13-6-9-23-12-13)17(21)16-10-18-14-4-2-3-5-15(14)19-16/h2-6,9-10,12H,7-8,11H2,1H3. The number of fused-ring (bicyclic) bond motifs is 1. The van der Waals surface area contributed by atoms with Gasteiger partial charge in [-0.2, -0.15) is 11.3 Å². The Morgan fingerprint density at radius 3 is 2.83 bits per heavy atom. The Hall–Kier alpha value is -2.31. The average Bonchev–Trinajstić information content (AvgIpc) is 3.10. The van der Waals surface area contributed by atoms with E-state index in [-0.39, 0.29) is 5.91 Å². The van der Waals surface area contributed by atoms with Crippen molar-refractivity contribution in [3.63, 3.8) is 0 Å². The lowest BCUT2D eigenvalue weighted by molar-refractivity contribution is 0.0675. The molecule has 0 aliphatic rings. The molecule has 2 aromatic heterocycles. The highest BCUT2D eigenvalue weighted by Crippen LogP contribution is 2.14. The maximum absolute atomic E-state index is 12.8. The summed E-state index contributed by atoms with van der Waals surface area (Å²) in [5.74, 6) is -0.133. The Labute approximate surface area is 138 Å². The van der Waals surface area contributed by atoms with Crippen LogP contribution in [0.5, 0.6) is 0 Å². The van der Waals surface area contributed by atoms with Crippen molar-refractivity contribution in [3.05, 3.63) is 58.5 Å². The van der Waals surface area contributed by atoms with E-state index in [2.05, 4.69) is 9.97 Å². The molecule has 0 unspecified atom stereocenters. The maximum Gasteiger partial charge on any atom is 0.274 e. The van der Waals surface area contributed by atoms with E-state index in [1.165, 1.54) is 6.20 Å². The Bertz CT molecular complexity index is 789. The number of thiophene rings is 1. The molecule has 0 radical (unpaired) electrons.